The highest BCUT2D eigenvalue weighted by Crippen LogP contribution is 2.52. The number of hydrogen-bond donors (Lipinski definition) is 0. The van der Waals surface area contributed by atoms with Crippen LogP contribution in [0.25, 0.3) is 134 Å². The normalized spacial score (nSPS) is 12.6. The highest BCUT2D eigenvalue weighted by atomic mass is 15.1. The van der Waals surface area contributed by atoms with Crippen molar-refractivity contribution >= 4 is 43.6 Å². The second kappa shape index (κ2) is 17.6. The van der Waals surface area contributed by atoms with Gasteiger partial charge in [0.2, 0.25) is 0 Å². The predicted octanol–water partition coefficient (Wildman–Crippen LogP) is 18.4. The Morgan fingerprint density at radius 1 is 0.299 bits per heavy atom. The first-order chi connectivity index (χ1) is 38.0. The topological polar surface area (TPSA) is 48.5 Å². The van der Waals surface area contributed by atoms with E-state index >= 15 is 0 Å². The summed E-state index contributed by atoms with van der Waals surface area (Å²) in [5.41, 5.74) is 21.0. The summed E-state index contributed by atoms with van der Waals surface area (Å²) >= 11 is 0. The van der Waals surface area contributed by atoms with Crippen LogP contribution in [-0.4, -0.2) is 24.1 Å². The van der Waals surface area contributed by atoms with Crippen LogP contribution in [0.4, 0.5) is 0 Å². The quantitative estimate of drug-likeness (QED) is 0.152. The molecule has 0 spiro atoms. The maximum Gasteiger partial charge on any atom is 0.166 e. The van der Waals surface area contributed by atoms with Crippen LogP contribution >= 0.6 is 0 Å². The van der Waals surface area contributed by atoms with Gasteiger partial charge in [0, 0.05) is 49.3 Å². The molecule has 0 amide bonds. The molecule has 5 heteroatoms. The van der Waals surface area contributed by atoms with Crippen molar-refractivity contribution in [2.24, 2.45) is 0 Å². The molecule has 1 aliphatic carbocycles. The Bertz CT molecular complexity index is 4640. The fourth-order valence-electron chi connectivity index (χ4n) is 12.5. The molecule has 0 unspecified atom stereocenters. The van der Waals surface area contributed by atoms with Gasteiger partial charge in [0.15, 0.2) is 17.5 Å². The van der Waals surface area contributed by atoms with E-state index in [1.54, 1.807) is 0 Å². The minimum Gasteiger partial charge on any atom is -0.309 e. The van der Waals surface area contributed by atoms with Crippen LogP contribution in [0.5, 0.6) is 0 Å². The largest absolute Gasteiger partial charge is 0.309 e. The van der Waals surface area contributed by atoms with Crippen molar-refractivity contribution in [3.8, 4) is 90.0 Å². The predicted molar refractivity (Wildman–Crippen MR) is 319 cm³/mol. The van der Waals surface area contributed by atoms with Crippen molar-refractivity contribution in [3.63, 3.8) is 0 Å². The zero-order valence-corrected chi connectivity index (χ0v) is 42.6. The SMILES string of the molecule is CC1(C)c2ccccc2-c2c(-c3nc(-c4cccc(-c5ccccc5)c4)nc(-c4ccc(-c5ccccc5)cc4-n4c5ccccc5c5c(-c6cccc7c6c6ccccc6n7-c6ccccc6)cccc54)n3)cccc21. The Labute approximate surface area is 446 Å². The van der Waals surface area contributed by atoms with Gasteiger partial charge in [-0.25, -0.2) is 15.0 Å². The third-order valence-electron chi connectivity index (χ3n) is 16.0. The first-order valence-electron chi connectivity index (χ1n) is 26.4. The lowest BCUT2D eigenvalue weighted by molar-refractivity contribution is 0.660. The fraction of sp³-hybridized carbons (Fsp3) is 0.0417. The van der Waals surface area contributed by atoms with Crippen molar-refractivity contribution in [1.29, 1.82) is 0 Å². The highest BCUT2D eigenvalue weighted by molar-refractivity contribution is 6.22. The van der Waals surface area contributed by atoms with Crippen LogP contribution in [0.15, 0.2) is 261 Å². The van der Waals surface area contributed by atoms with Gasteiger partial charge in [-0.2, -0.15) is 0 Å². The van der Waals surface area contributed by atoms with Crippen LogP contribution in [0, 0.1) is 0 Å². The minimum atomic E-state index is -0.203. The van der Waals surface area contributed by atoms with Gasteiger partial charge >= 0.3 is 0 Å². The van der Waals surface area contributed by atoms with Crippen molar-refractivity contribution in [3.05, 3.63) is 272 Å². The van der Waals surface area contributed by atoms with E-state index in [0.717, 1.165) is 66.7 Å². The Kier molecular flexibility index (Phi) is 10.2. The molecule has 0 aliphatic heterocycles. The van der Waals surface area contributed by atoms with Crippen molar-refractivity contribution in [1.82, 2.24) is 24.1 Å². The molecule has 0 saturated heterocycles. The molecule has 3 heterocycles. The van der Waals surface area contributed by atoms with Gasteiger partial charge in [0.1, 0.15) is 0 Å². The maximum absolute atomic E-state index is 5.63. The van der Waals surface area contributed by atoms with Crippen molar-refractivity contribution in [2.75, 3.05) is 0 Å². The smallest absolute Gasteiger partial charge is 0.166 e. The third-order valence-corrected chi connectivity index (χ3v) is 16.0. The summed E-state index contributed by atoms with van der Waals surface area (Å²) in [4.78, 5) is 16.7. The fourth-order valence-corrected chi connectivity index (χ4v) is 12.5. The second-order valence-electron chi connectivity index (χ2n) is 20.7. The summed E-state index contributed by atoms with van der Waals surface area (Å²) in [5, 5.41) is 4.78. The van der Waals surface area contributed by atoms with Crippen LogP contribution < -0.4 is 0 Å². The molecule has 5 nitrogen and oxygen atoms in total. The molecule has 0 atom stereocenters. The molecule has 1 aliphatic rings. The standard InChI is InChI=1S/C72H49N5/c1-72(2)59-36-15-12-30-54(59)66-58(35-19-37-60(66)72)71-74-69(50-27-18-26-48(44-50)46-22-6-3-7-23-46)73-70(75-71)57-43-42-49(47-24-8-4-9-25-47)45-65(57)77-62-39-17-14-32-56(62)68-53(34-21-41-64(68)77)52-33-20-40-63-67(52)55-31-13-16-38-61(55)76(63)51-28-10-5-11-29-51/h3-45H,1-2H3. The maximum atomic E-state index is 5.63. The third kappa shape index (κ3) is 7.04. The van der Waals surface area contributed by atoms with E-state index in [9.17, 15) is 0 Å². The summed E-state index contributed by atoms with van der Waals surface area (Å²) in [7, 11) is 0. The monoisotopic (exact) mass is 983 g/mol. The zero-order chi connectivity index (χ0) is 51.2. The zero-order valence-electron chi connectivity index (χ0n) is 42.6. The lowest BCUT2D eigenvalue weighted by Crippen LogP contribution is -2.14. The summed E-state index contributed by atoms with van der Waals surface area (Å²) in [6.45, 7) is 4.64. The number of aromatic nitrogens is 5. The Hall–Kier alpha value is -9.97. The van der Waals surface area contributed by atoms with Gasteiger partial charge in [-0.05, 0) is 110 Å². The summed E-state index contributed by atoms with van der Waals surface area (Å²) in [5.74, 6) is 1.83. The minimum absolute atomic E-state index is 0.203. The first-order valence-corrected chi connectivity index (χ1v) is 26.4. The lowest BCUT2D eigenvalue weighted by atomic mass is 9.82. The molecule has 11 aromatic carbocycles. The molecular weight excluding hydrogens is 935 g/mol. The van der Waals surface area contributed by atoms with E-state index < -0.39 is 0 Å². The van der Waals surface area contributed by atoms with Gasteiger partial charge in [0.05, 0.1) is 27.8 Å². The lowest BCUT2D eigenvalue weighted by Gasteiger charge is -2.21. The summed E-state index contributed by atoms with van der Waals surface area (Å²) in [6, 6.07) is 93.9. The molecule has 14 aromatic rings. The van der Waals surface area contributed by atoms with Crippen molar-refractivity contribution in [2.45, 2.75) is 19.3 Å². The van der Waals surface area contributed by atoms with Crippen molar-refractivity contribution < 1.29 is 0 Å². The average Bonchev–Trinajstić information content (AvgIpc) is 4.28. The Morgan fingerprint density at radius 3 is 1.44 bits per heavy atom. The highest BCUT2D eigenvalue weighted by Gasteiger charge is 2.37. The van der Waals surface area contributed by atoms with E-state index in [-0.39, 0.29) is 5.41 Å². The molecule has 0 fully saturated rings. The number of fused-ring (bicyclic) bond motifs is 9. The number of hydrogen-bond acceptors (Lipinski definition) is 3. The molecule has 0 radical (unpaired) electrons. The molecule has 362 valence electrons. The van der Waals surface area contributed by atoms with E-state index in [4.69, 9.17) is 15.0 Å². The molecule has 15 rings (SSSR count). The summed E-state index contributed by atoms with van der Waals surface area (Å²) in [6.07, 6.45) is 0. The Morgan fingerprint density at radius 2 is 0.753 bits per heavy atom. The van der Waals surface area contributed by atoms with Crippen LogP contribution in [0.1, 0.15) is 25.0 Å². The molecule has 3 aromatic heterocycles. The molecule has 0 N–H and O–H groups in total. The van der Waals surface area contributed by atoms with Gasteiger partial charge in [-0.1, -0.05) is 220 Å². The van der Waals surface area contributed by atoms with E-state index in [2.05, 4.69) is 284 Å². The van der Waals surface area contributed by atoms with Crippen LogP contribution in [0.3, 0.4) is 0 Å². The second-order valence-corrected chi connectivity index (χ2v) is 20.7. The molecular formula is C72H49N5. The average molecular weight is 984 g/mol. The number of benzene rings is 11. The number of nitrogens with zero attached hydrogens (tertiary/aromatic N) is 5. The molecule has 0 bridgehead atoms. The number of para-hydroxylation sites is 3. The van der Waals surface area contributed by atoms with E-state index in [1.807, 2.05) is 0 Å². The van der Waals surface area contributed by atoms with Gasteiger partial charge in [-0.15, -0.1) is 0 Å². The number of rotatable bonds is 8. The summed E-state index contributed by atoms with van der Waals surface area (Å²) < 4.78 is 4.85. The Balaban J connectivity index is 1.01. The molecule has 77 heavy (non-hydrogen) atoms. The molecule has 0 saturated carbocycles. The van der Waals surface area contributed by atoms with Gasteiger partial charge < -0.3 is 9.13 Å². The van der Waals surface area contributed by atoms with E-state index in [1.165, 1.54) is 60.6 Å². The van der Waals surface area contributed by atoms with Crippen LogP contribution in [0.2, 0.25) is 0 Å². The van der Waals surface area contributed by atoms with E-state index in [0.29, 0.717) is 17.5 Å². The van der Waals surface area contributed by atoms with Gasteiger partial charge in [-0.3, -0.25) is 0 Å². The first kappa shape index (κ1) is 44.5. The van der Waals surface area contributed by atoms with Crippen LogP contribution in [-0.2, 0) is 5.41 Å². The van der Waals surface area contributed by atoms with Gasteiger partial charge in [0.25, 0.3) is 0 Å².